The van der Waals surface area contributed by atoms with E-state index in [2.05, 4.69) is 22.4 Å². The van der Waals surface area contributed by atoms with Crippen LogP contribution >= 0.6 is 11.3 Å². The van der Waals surface area contributed by atoms with Gasteiger partial charge in [-0.05, 0) is 24.5 Å². The van der Waals surface area contributed by atoms with Crippen molar-refractivity contribution in [2.45, 2.75) is 39.7 Å². The van der Waals surface area contributed by atoms with E-state index >= 15 is 0 Å². The summed E-state index contributed by atoms with van der Waals surface area (Å²) in [4.78, 5) is 15.7. The molecule has 140 valence electrons. The number of hydrazone groups is 1. The molecule has 0 aliphatic rings. The number of anilines is 1. The highest BCUT2D eigenvalue weighted by atomic mass is 32.1. The van der Waals surface area contributed by atoms with Crippen molar-refractivity contribution >= 4 is 28.7 Å². The summed E-state index contributed by atoms with van der Waals surface area (Å²) < 4.78 is 10.5. The van der Waals surface area contributed by atoms with Gasteiger partial charge in [-0.1, -0.05) is 37.6 Å². The first-order valence-corrected chi connectivity index (χ1v) is 9.65. The van der Waals surface area contributed by atoms with E-state index in [-0.39, 0.29) is 12.4 Å². The number of unbranched alkanes of at least 4 members (excludes halogenated alkanes) is 1. The average molecular weight is 375 g/mol. The van der Waals surface area contributed by atoms with Crippen LogP contribution in [0, 0.1) is 0 Å². The number of thiazole rings is 1. The minimum absolute atomic E-state index is 0.178. The molecule has 2 aromatic rings. The molecule has 0 aliphatic heterocycles. The second-order valence-electron chi connectivity index (χ2n) is 5.64. The number of nitrogens with zero attached hydrogens (tertiary/aromatic N) is 2. The summed E-state index contributed by atoms with van der Waals surface area (Å²) >= 11 is 1.40. The van der Waals surface area contributed by atoms with Gasteiger partial charge >= 0.3 is 5.97 Å². The molecule has 6 nitrogen and oxygen atoms in total. The standard InChI is InChI=1S/C19H25N3O3S/c1-3-5-10-24-13-16-8-6-15(7-9-16)12-20-22-19-21-17(14-26-19)11-18(23)25-4-2/h6-9,12,14H,3-5,10-11,13H2,1-2H3,(H,21,22). The van der Waals surface area contributed by atoms with Crippen molar-refractivity contribution in [3.05, 3.63) is 46.5 Å². The zero-order valence-corrected chi connectivity index (χ0v) is 16.1. The lowest BCUT2D eigenvalue weighted by Crippen LogP contribution is -2.07. The Morgan fingerprint density at radius 3 is 2.85 bits per heavy atom. The zero-order valence-electron chi connectivity index (χ0n) is 15.2. The number of aromatic nitrogens is 1. The molecule has 0 bridgehead atoms. The summed E-state index contributed by atoms with van der Waals surface area (Å²) in [5.74, 6) is -0.272. The Morgan fingerprint density at radius 1 is 1.31 bits per heavy atom. The summed E-state index contributed by atoms with van der Waals surface area (Å²) in [5.41, 5.74) is 5.69. The second-order valence-corrected chi connectivity index (χ2v) is 6.50. The molecule has 0 spiro atoms. The largest absolute Gasteiger partial charge is 0.466 e. The Bertz CT molecular complexity index is 698. The van der Waals surface area contributed by atoms with Gasteiger partial charge in [0.15, 0.2) is 0 Å². The first kappa shape index (κ1) is 20.1. The Hall–Kier alpha value is -2.25. The van der Waals surface area contributed by atoms with Crippen molar-refractivity contribution in [1.29, 1.82) is 0 Å². The lowest BCUT2D eigenvalue weighted by Gasteiger charge is -2.03. The molecule has 0 atom stereocenters. The van der Waals surface area contributed by atoms with Crippen LogP contribution in [0.2, 0.25) is 0 Å². The van der Waals surface area contributed by atoms with Crippen LogP contribution < -0.4 is 5.43 Å². The van der Waals surface area contributed by atoms with Crippen LogP contribution in [-0.2, 0) is 27.3 Å². The van der Waals surface area contributed by atoms with E-state index in [0.717, 1.165) is 30.6 Å². The third-order valence-electron chi connectivity index (χ3n) is 3.45. The topological polar surface area (TPSA) is 72.8 Å². The van der Waals surface area contributed by atoms with Crippen LogP contribution in [0.15, 0.2) is 34.7 Å². The van der Waals surface area contributed by atoms with Gasteiger partial charge < -0.3 is 9.47 Å². The lowest BCUT2D eigenvalue weighted by molar-refractivity contribution is -0.142. The maximum Gasteiger partial charge on any atom is 0.311 e. The Kier molecular flexibility index (Phi) is 8.78. The lowest BCUT2D eigenvalue weighted by atomic mass is 10.1. The van der Waals surface area contributed by atoms with Gasteiger partial charge in [-0.2, -0.15) is 5.10 Å². The number of esters is 1. The van der Waals surface area contributed by atoms with Gasteiger partial charge in [0, 0.05) is 12.0 Å². The molecule has 0 fully saturated rings. The predicted octanol–water partition coefficient (Wildman–Crippen LogP) is 4.01. The van der Waals surface area contributed by atoms with Gasteiger partial charge in [0.1, 0.15) is 0 Å². The number of nitrogens with one attached hydrogen (secondary N) is 1. The average Bonchev–Trinajstić information content (AvgIpc) is 3.07. The van der Waals surface area contributed by atoms with Gasteiger partial charge in [-0.25, -0.2) is 4.98 Å². The van der Waals surface area contributed by atoms with E-state index < -0.39 is 0 Å². The number of rotatable bonds is 11. The van der Waals surface area contributed by atoms with Gasteiger partial charge in [0.25, 0.3) is 0 Å². The fourth-order valence-electron chi connectivity index (χ4n) is 2.10. The summed E-state index contributed by atoms with van der Waals surface area (Å²) in [6, 6.07) is 8.07. The Balaban J connectivity index is 1.77. The molecule has 7 heteroatoms. The third kappa shape index (κ3) is 7.33. The molecular weight excluding hydrogens is 350 g/mol. The summed E-state index contributed by atoms with van der Waals surface area (Å²) in [7, 11) is 0. The molecule has 1 N–H and O–H groups in total. The SMILES string of the molecule is CCCCOCc1ccc(C=NNc2nc(CC(=O)OCC)cs2)cc1. The van der Waals surface area contributed by atoms with Crippen molar-refractivity contribution in [3.63, 3.8) is 0 Å². The fraction of sp³-hybridized carbons (Fsp3) is 0.421. The molecule has 1 heterocycles. The number of carbonyl (C=O) groups is 1. The monoisotopic (exact) mass is 375 g/mol. The van der Waals surface area contributed by atoms with E-state index in [4.69, 9.17) is 9.47 Å². The third-order valence-corrected chi connectivity index (χ3v) is 4.24. The van der Waals surface area contributed by atoms with Crippen LogP contribution in [0.4, 0.5) is 5.13 Å². The molecule has 0 saturated carbocycles. The Labute approximate surface area is 158 Å². The van der Waals surface area contributed by atoms with E-state index in [9.17, 15) is 4.79 Å². The second kappa shape index (κ2) is 11.4. The molecule has 0 unspecified atom stereocenters. The van der Waals surface area contributed by atoms with Crippen LogP contribution in [-0.4, -0.2) is 30.4 Å². The molecular formula is C19H25N3O3S. The molecule has 1 aromatic carbocycles. The number of hydrogen-bond donors (Lipinski definition) is 1. The van der Waals surface area contributed by atoms with E-state index in [1.165, 1.54) is 11.3 Å². The first-order valence-electron chi connectivity index (χ1n) is 8.77. The van der Waals surface area contributed by atoms with Crippen molar-refractivity contribution in [1.82, 2.24) is 4.98 Å². The molecule has 0 saturated heterocycles. The van der Waals surface area contributed by atoms with Gasteiger partial charge in [-0.15, -0.1) is 11.3 Å². The minimum Gasteiger partial charge on any atom is -0.466 e. The Morgan fingerprint density at radius 2 is 2.12 bits per heavy atom. The van der Waals surface area contributed by atoms with E-state index in [1.807, 2.05) is 29.6 Å². The predicted molar refractivity (Wildman–Crippen MR) is 105 cm³/mol. The van der Waals surface area contributed by atoms with E-state index in [0.29, 0.717) is 24.0 Å². The number of carbonyl (C=O) groups excluding carboxylic acids is 1. The molecule has 1 aromatic heterocycles. The summed E-state index contributed by atoms with van der Waals surface area (Å²) in [6.45, 7) is 5.75. The van der Waals surface area contributed by atoms with Crippen molar-refractivity contribution in [2.75, 3.05) is 18.6 Å². The molecule has 0 radical (unpaired) electrons. The van der Waals surface area contributed by atoms with Crippen LogP contribution in [0.3, 0.4) is 0 Å². The number of ether oxygens (including phenoxy) is 2. The molecule has 0 amide bonds. The highest BCUT2D eigenvalue weighted by molar-refractivity contribution is 7.13. The van der Waals surface area contributed by atoms with Crippen molar-refractivity contribution in [2.24, 2.45) is 5.10 Å². The smallest absolute Gasteiger partial charge is 0.311 e. The molecule has 0 aliphatic carbocycles. The quantitative estimate of drug-likeness (QED) is 0.278. The molecule has 2 rings (SSSR count). The number of benzene rings is 1. The maximum absolute atomic E-state index is 11.4. The number of hydrogen-bond acceptors (Lipinski definition) is 7. The molecule has 26 heavy (non-hydrogen) atoms. The fourth-order valence-corrected chi connectivity index (χ4v) is 2.76. The summed E-state index contributed by atoms with van der Waals surface area (Å²) in [6.07, 6.45) is 4.14. The minimum atomic E-state index is -0.272. The first-order chi connectivity index (χ1) is 12.7. The zero-order chi connectivity index (χ0) is 18.6. The van der Waals surface area contributed by atoms with Crippen LogP contribution in [0.1, 0.15) is 43.5 Å². The normalized spacial score (nSPS) is 11.0. The van der Waals surface area contributed by atoms with Gasteiger partial charge in [0.2, 0.25) is 5.13 Å². The highest BCUT2D eigenvalue weighted by Crippen LogP contribution is 2.16. The highest BCUT2D eigenvalue weighted by Gasteiger charge is 2.07. The van der Waals surface area contributed by atoms with Crippen molar-refractivity contribution in [3.8, 4) is 0 Å². The van der Waals surface area contributed by atoms with Crippen LogP contribution in [0.25, 0.3) is 0 Å². The van der Waals surface area contributed by atoms with Gasteiger partial charge in [0.05, 0.1) is 31.5 Å². The van der Waals surface area contributed by atoms with Crippen molar-refractivity contribution < 1.29 is 14.3 Å². The van der Waals surface area contributed by atoms with Crippen LogP contribution in [0.5, 0.6) is 0 Å². The van der Waals surface area contributed by atoms with Gasteiger partial charge in [-0.3, -0.25) is 10.2 Å². The van der Waals surface area contributed by atoms with E-state index in [1.54, 1.807) is 13.1 Å². The summed E-state index contributed by atoms with van der Waals surface area (Å²) in [5, 5.41) is 6.64. The maximum atomic E-state index is 11.4.